The van der Waals surface area contributed by atoms with Crippen molar-refractivity contribution in [1.82, 2.24) is 14.5 Å². The summed E-state index contributed by atoms with van der Waals surface area (Å²) in [4.78, 5) is 19.4. The van der Waals surface area contributed by atoms with Gasteiger partial charge in [0.15, 0.2) is 0 Å². The van der Waals surface area contributed by atoms with E-state index in [1.807, 2.05) is 6.07 Å². The third kappa shape index (κ3) is 2.20. The van der Waals surface area contributed by atoms with Crippen LogP contribution in [-0.4, -0.2) is 27.1 Å². The number of hydrogen-bond acceptors (Lipinski definition) is 5. The van der Waals surface area contributed by atoms with Gasteiger partial charge in [-0.1, -0.05) is 0 Å². The van der Waals surface area contributed by atoms with Crippen molar-refractivity contribution < 1.29 is 9.53 Å². The van der Waals surface area contributed by atoms with Gasteiger partial charge in [0.05, 0.1) is 12.2 Å². The molecule has 0 spiro atoms. The maximum Gasteiger partial charge on any atom is 0.339 e. The molecule has 2 heterocycles. The molecule has 6 nitrogen and oxygen atoms in total. The quantitative estimate of drug-likeness (QED) is 0.758. The molecule has 2 aromatic rings. The molecule has 0 saturated heterocycles. The van der Waals surface area contributed by atoms with Crippen LogP contribution < -0.4 is 0 Å². The Balaban J connectivity index is 2.28. The van der Waals surface area contributed by atoms with Crippen molar-refractivity contribution in [1.29, 1.82) is 5.26 Å². The van der Waals surface area contributed by atoms with Crippen LogP contribution in [0, 0.1) is 11.3 Å². The number of rotatable bonds is 3. The zero-order valence-corrected chi connectivity index (χ0v) is 9.70. The smallest absolute Gasteiger partial charge is 0.339 e. The van der Waals surface area contributed by atoms with Gasteiger partial charge >= 0.3 is 5.97 Å². The van der Waals surface area contributed by atoms with E-state index in [-0.39, 0.29) is 5.82 Å². The molecule has 18 heavy (non-hydrogen) atoms. The Kier molecular flexibility index (Phi) is 3.34. The minimum absolute atomic E-state index is 0.242. The van der Waals surface area contributed by atoms with Gasteiger partial charge in [0.2, 0.25) is 5.82 Å². The first-order valence-electron chi connectivity index (χ1n) is 5.33. The topological polar surface area (TPSA) is 80.8 Å². The highest BCUT2D eigenvalue weighted by Crippen LogP contribution is 2.09. The van der Waals surface area contributed by atoms with E-state index in [9.17, 15) is 4.79 Å². The van der Waals surface area contributed by atoms with Crippen LogP contribution in [0.5, 0.6) is 0 Å². The second kappa shape index (κ2) is 5.10. The van der Waals surface area contributed by atoms with Gasteiger partial charge < -0.3 is 4.74 Å². The summed E-state index contributed by atoms with van der Waals surface area (Å²) in [5, 5.41) is 8.85. The predicted octanol–water partition coefficient (Wildman–Crippen LogP) is 1.32. The van der Waals surface area contributed by atoms with Crippen molar-refractivity contribution in [3.63, 3.8) is 0 Å². The molecule has 0 aromatic carbocycles. The highest BCUT2D eigenvalue weighted by molar-refractivity contribution is 5.89. The highest BCUT2D eigenvalue weighted by atomic mass is 16.5. The molecule has 2 aromatic heterocycles. The molecule has 0 aliphatic rings. The Morgan fingerprint density at radius 2 is 2.33 bits per heavy atom. The molecular formula is C12H10N4O2. The molecule has 0 amide bonds. The van der Waals surface area contributed by atoms with E-state index in [0.717, 1.165) is 0 Å². The number of nitriles is 1. The van der Waals surface area contributed by atoms with E-state index in [1.165, 1.54) is 17.0 Å². The van der Waals surface area contributed by atoms with Crippen LogP contribution >= 0.6 is 0 Å². The third-order valence-electron chi connectivity index (χ3n) is 2.25. The van der Waals surface area contributed by atoms with Crippen molar-refractivity contribution >= 4 is 5.97 Å². The van der Waals surface area contributed by atoms with Crippen LogP contribution in [0.2, 0.25) is 0 Å². The Morgan fingerprint density at radius 1 is 1.50 bits per heavy atom. The zero-order valence-electron chi connectivity index (χ0n) is 9.70. The predicted molar refractivity (Wildman–Crippen MR) is 62.0 cm³/mol. The number of pyridine rings is 1. The Hall–Kier alpha value is -2.68. The van der Waals surface area contributed by atoms with Gasteiger partial charge in [-0.15, -0.1) is 0 Å². The number of hydrogen-bond donors (Lipinski definition) is 0. The summed E-state index contributed by atoms with van der Waals surface area (Å²) < 4.78 is 6.39. The molecule has 0 bridgehead atoms. The number of carbonyl (C=O) groups excluding carboxylic acids is 1. The largest absolute Gasteiger partial charge is 0.462 e. The summed E-state index contributed by atoms with van der Waals surface area (Å²) >= 11 is 0. The average Bonchev–Trinajstić information content (AvgIpc) is 2.87. The van der Waals surface area contributed by atoms with Crippen molar-refractivity contribution in [2.45, 2.75) is 6.92 Å². The Morgan fingerprint density at radius 3 is 2.94 bits per heavy atom. The van der Waals surface area contributed by atoms with Gasteiger partial charge in [0.1, 0.15) is 11.9 Å². The number of imidazole rings is 1. The summed E-state index contributed by atoms with van der Waals surface area (Å²) in [6.07, 6.45) is 4.55. The minimum atomic E-state index is -0.414. The van der Waals surface area contributed by atoms with Crippen LogP contribution in [0.1, 0.15) is 23.1 Å². The van der Waals surface area contributed by atoms with Crippen LogP contribution in [-0.2, 0) is 4.74 Å². The van der Waals surface area contributed by atoms with Gasteiger partial charge in [-0.25, -0.2) is 14.8 Å². The van der Waals surface area contributed by atoms with Crippen LogP contribution in [0.3, 0.4) is 0 Å². The van der Waals surface area contributed by atoms with Crippen molar-refractivity contribution in [2.75, 3.05) is 6.61 Å². The SMILES string of the molecule is CCOC(=O)c1ccc(-n2ccnc2C#N)nc1. The molecule has 0 aliphatic heterocycles. The van der Waals surface area contributed by atoms with E-state index in [4.69, 9.17) is 10.00 Å². The minimum Gasteiger partial charge on any atom is -0.462 e. The lowest BCUT2D eigenvalue weighted by Gasteiger charge is -2.04. The van der Waals surface area contributed by atoms with Gasteiger partial charge in [-0.3, -0.25) is 4.57 Å². The molecule has 0 aliphatic carbocycles. The summed E-state index contributed by atoms with van der Waals surface area (Å²) in [6.45, 7) is 2.06. The fourth-order valence-corrected chi connectivity index (χ4v) is 1.43. The van der Waals surface area contributed by atoms with Crippen molar-refractivity contribution in [3.05, 3.63) is 42.1 Å². The lowest BCUT2D eigenvalue weighted by Crippen LogP contribution is -2.06. The number of esters is 1. The average molecular weight is 242 g/mol. The van der Waals surface area contributed by atoms with E-state index in [1.54, 1.807) is 25.3 Å². The summed E-state index contributed by atoms with van der Waals surface area (Å²) in [5.41, 5.74) is 0.374. The number of aromatic nitrogens is 3. The molecule has 6 heteroatoms. The zero-order chi connectivity index (χ0) is 13.0. The van der Waals surface area contributed by atoms with Gasteiger partial charge in [-0.2, -0.15) is 5.26 Å². The first-order chi connectivity index (χ1) is 8.76. The molecule has 0 unspecified atom stereocenters. The molecule has 0 atom stereocenters. The van der Waals surface area contributed by atoms with Crippen molar-refractivity contribution in [2.24, 2.45) is 0 Å². The third-order valence-corrected chi connectivity index (χ3v) is 2.25. The van der Waals surface area contributed by atoms with E-state index in [2.05, 4.69) is 9.97 Å². The normalized spacial score (nSPS) is 9.78. The van der Waals surface area contributed by atoms with E-state index < -0.39 is 5.97 Å². The monoisotopic (exact) mass is 242 g/mol. The van der Waals surface area contributed by atoms with Gasteiger partial charge in [0, 0.05) is 18.6 Å². The molecule has 90 valence electrons. The Bertz CT molecular complexity index is 595. The number of carbonyl (C=O) groups is 1. The van der Waals surface area contributed by atoms with Gasteiger partial charge in [-0.05, 0) is 19.1 Å². The van der Waals surface area contributed by atoms with Crippen LogP contribution in [0.25, 0.3) is 5.82 Å². The molecule has 0 fully saturated rings. The molecule has 0 N–H and O–H groups in total. The molecule has 0 saturated carbocycles. The van der Waals surface area contributed by atoms with Crippen LogP contribution in [0.4, 0.5) is 0 Å². The fourth-order valence-electron chi connectivity index (χ4n) is 1.43. The lowest BCUT2D eigenvalue weighted by molar-refractivity contribution is 0.0526. The van der Waals surface area contributed by atoms with E-state index in [0.29, 0.717) is 18.0 Å². The highest BCUT2D eigenvalue weighted by Gasteiger charge is 2.09. The number of nitrogens with zero attached hydrogens (tertiary/aromatic N) is 4. The second-order valence-corrected chi connectivity index (χ2v) is 3.36. The second-order valence-electron chi connectivity index (χ2n) is 3.36. The van der Waals surface area contributed by atoms with Crippen molar-refractivity contribution in [3.8, 4) is 11.9 Å². The summed E-state index contributed by atoms with van der Waals surface area (Å²) in [5.74, 6) is 0.353. The number of ether oxygens (including phenoxy) is 1. The van der Waals surface area contributed by atoms with Gasteiger partial charge in [0.25, 0.3) is 0 Å². The lowest BCUT2D eigenvalue weighted by atomic mass is 10.3. The maximum absolute atomic E-state index is 11.4. The first kappa shape index (κ1) is 11.8. The molecular weight excluding hydrogens is 232 g/mol. The van der Waals surface area contributed by atoms with Crippen LogP contribution in [0.15, 0.2) is 30.7 Å². The first-order valence-corrected chi connectivity index (χ1v) is 5.33. The molecule has 2 rings (SSSR count). The molecule has 0 radical (unpaired) electrons. The summed E-state index contributed by atoms with van der Waals surface area (Å²) in [6, 6.07) is 5.18. The standard InChI is InChI=1S/C12H10N4O2/c1-2-18-12(17)9-3-4-10(15-8-9)16-6-5-14-11(16)7-13/h3-6,8H,2H2,1H3. The summed E-state index contributed by atoms with van der Waals surface area (Å²) in [7, 11) is 0. The van der Waals surface area contributed by atoms with E-state index >= 15 is 0 Å². The fraction of sp³-hybridized carbons (Fsp3) is 0.167. The Labute approximate surface area is 103 Å². The maximum atomic E-state index is 11.4.